The Labute approximate surface area is 189 Å². The van der Waals surface area contributed by atoms with E-state index in [0.717, 1.165) is 30.9 Å². The van der Waals surface area contributed by atoms with Crippen molar-refractivity contribution in [3.63, 3.8) is 0 Å². The average molecular weight is 476 g/mol. The molecule has 4 aromatic heterocycles. The summed E-state index contributed by atoms with van der Waals surface area (Å²) in [6, 6.07) is 21.0. The third-order valence-electron chi connectivity index (χ3n) is 4.33. The van der Waals surface area contributed by atoms with Crippen LogP contribution in [0.3, 0.4) is 0 Å². The SMILES string of the molecule is Clc1cc(-c2ccc(-c3cccs3)s2)c(Cl)cc1-c1ccc(-c2cccs2)s1. The van der Waals surface area contributed by atoms with E-state index < -0.39 is 0 Å². The lowest BCUT2D eigenvalue weighted by molar-refractivity contribution is 1.68. The van der Waals surface area contributed by atoms with Crippen LogP contribution in [0.15, 0.2) is 71.4 Å². The Bertz CT molecular complexity index is 1130. The number of hydrogen-bond donors (Lipinski definition) is 0. The van der Waals surface area contributed by atoms with Crippen LogP contribution in [0.1, 0.15) is 0 Å². The number of hydrogen-bond acceptors (Lipinski definition) is 4. The van der Waals surface area contributed by atoms with Crippen LogP contribution in [-0.2, 0) is 0 Å². The third-order valence-corrected chi connectivity index (χ3v) is 9.32. The molecule has 5 aromatic rings. The van der Waals surface area contributed by atoms with E-state index in [-0.39, 0.29) is 0 Å². The molecule has 0 saturated heterocycles. The van der Waals surface area contributed by atoms with Crippen molar-refractivity contribution in [1.29, 1.82) is 0 Å². The highest BCUT2D eigenvalue weighted by atomic mass is 35.5. The van der Waals surface area contributed by atoms with Crippen LogP contribution in [0.4, 0.5) is 0 Å². The lowest BCUT2D eigenvalue weighted by atomic mass is 10.1. The Morgan fingerprint density at radius 2 is 0.929 bits per heavy atom. The second-order valence-corrected chi connectivity index (χ2v) is 11.0. The van der Waals surface area contributed by atoms with Crippen molar-refractivity contribution in [1.82, 2.24) is 0 Å². The maximum Gasteiger partial charge on any atom is 0.0500 e. The molecule has 0 nitrogen and oxygen atoms in total. The molecule has 0 saturated carbocycles. The number of benzene rings is 1. The summed E-state index contributed by atoms with van der Waals surface area (Å²) in [5, 5.41) is 5.65. The van der Waals surface area contributed by atoms with Gasteiger partial charge in [0, 0.05) is 50.4 Å². The van der Waals surface area contributed by atoms with Gasteiger partial charge in [0.15, 0.2) is 0 Å². The molecule has 28 heavy (non-hydrogen) atoms. The first-order valence-corrected chi connectivity index (χ1v) is 12.6. The maximum atomic E-state index is 6.68. The Balaban J connectivity index is 1.51. The fourth-order valence-corrected chi connectivity index (χ4v) is 7.38. The first-order valence-electron chi connectivity index (χ1n) is 8.46. The monoisotopic (exact) mass is 474 g/mol. The van der Waals surface area contributed by atoms with Gasteiger partial charge in [-0.05, 0) is 59.3 Å². The summed E-state index contributed by atoms with van der Waals surface area (Å²) in [4.78, 5) is 7.31. The van der Waals surface area contributed by atoms with Crippen molar-refractivity contribution >= 4 is 68.5 Å². The van der Waals surface area contributed by atoms with Crippen molar-refractivity contribution in [2.45, 2.75) is 0 Å². The minimum atomic E-state index is 0.727. The molecule has 4 heterocycles. The van der Waals surface area contributed by atoms with Crippen LogP contribution in [0.25, 0.3) is 40.4 Å². The van der Waals surface area contributed by atoms with Crippen molar-refractivity contribution < 1.29 is 0 Å². The van der Waals surface area contributed by atoms with Gasteiger partial charge in [0.1, 0.15) is 0 Å². The molecule has 0 radical (unpaired) electrons. The zero-order chi connectivity index (χ0) is 19.1. The van der Waals surface area contributed by atoms with Crippen molar-refractivity contribution in [3.8, 4) is 40.4 Å². The molecule has 0 aliphatic carbocycles. The van der Waals surface area contributed by atoms with Crippen LogP contribution in [-0.4, -0.2) is 0 Å². The fraction of sp³-hybridized carbons (Fsp3) is 0. The van der Waals surface area contributed by atoms with Gasteiger partial charge >= 0.3 is 0 Å². The van der Waals surface area contributed by atoms with Crippen molar-refractivity contribution in [2.24, 2.45) is 0 Å². The smallest absolute Gasteiger partial charge is 0.0500 e. The second kappa shape index (κ2) is 7.79. The summed E-state index contributed by atoms with van der Waals surface area (Å²) < 4.78 is 0. The van der Waals surface area contributed by atoms with Crippen LogP contribution in [0.2, 0.25) is 10.0 Å². The molecule has 0 spiro atoms. The molecule has 0 fully saturated rings. The molecule has 0 unspecified atom stereocenters. The normalized spacial score (nSPS) is 11.2. The van der Waals surface area contributed by atoms with Gasteiger partial charge in [0.05, 0.1) is 0 Å². The van der Waals surface area contributed by atoms with Gasteiger partial charge in [0.25, 0.3) is 0 Å². The molecule has 0 aliphatic rings. The number of rotatable bonds is 4. The zero-order valence-electron chi connectivity index (χ0n) is 14.3. The third kappa shape index (κ3) is 3.50. The van der Waals surface area contributed by atoms with E-state index >= 15 is 0 Å². The van der Waals surface area contributed by atoms with E-state index in [0.29, 0.717) is 0 Å². The average Bonchev–Trinajstić information content (AvgIpc) is 3.49. The number of thiophene rings is 4. The summed E-state index contributed by atoms with van der Waals surface area (Å²) in [6.45, 7) is 0. The number of halogens is 2. The highest BCUT2D eigenvalue weighted by Crippen LogP contribution is 2.45. The molecular weight excluding hydrogens is 463 g/mol. The van der Waals surface area contributed by atoms with E-state index in [1.54, 1.807) is 45.3 Å². The fourth-order valence-electron chi connectivity index (χ4n) is 2.99. The van der Waals surface area contributed by atoms with Crippen molar-refractivity contribution in [3.05, 3.63) is 81.5 Å². The highest BCUT2D eigenvalue weighted by Gasteiger charge is 2.15. The summed E-state index contributed by atoms with van der Waals surface area (Å²) in [7, 11) is 0. The van der Waals surface area contributed by atoms with E-state index in [1.165, 1.54) is 19.5 Å². The van der Waals surface area contributed by atoms with Gasteiger partial charge in [0.2, 0.25) is 0 Å². The predicted molar refractivity (Wildman–Crippen MR) is 130 cm³/mol. The minimum Gasteiger partial charge on any atom is -0.143 e. The van der Waals surface area contributed by atoms with Crippen LogP contribution >= 0.6 is 68.5 Å². The molecule has 138 valence electrons. The Kier molecular flexibility index (Phi) is 5.18. The standard InChI is InChI=1S/C22H12Cl2S4/c23-15-12-14(18-6-8-22(28-18)20-4-2-10-26-20)16(24)11-13(15)17-5-7-21(27-17)19-3-1-9-25-19/h1-12H. The molecule has 5 rings (SSSR count). The Morgan fingerprint density at radius 3 is 1.32 bits per heavy atom. The molecule has 0 amide bonds. The molecule has 0 aliphatic heterocycles. The first kappa shape index (κ1) is 18.6. The second-order valence-electron chi connectivity index (χ2n) is 6.09. The Morgan fingerprint density at radius 1 is 0.500 bits per heavy atom. The Hall–Kier alpha value is -1.40. The minimum absolute atomic E-state index is 0.727. The molecule has 1 aromatic carbocycles. The van der Waals surface area contributed by atoms with E-state index in [4.69, 9.17) is 23.2 Å². The maximum absolute atomic E-state index is 6.68. The molecule has 6 heteroatoms. The summed E-state index contributed by atoms with van der Waals surface area (Å²) in [5.74, 6) is 0. The zero-order valence-corrected chi connectivity index (χ0v) is 19.1. The van der Waals surface area contributed by atoms with Crippen molar-refractivity contribution in [2.75, 3.05) is 0 Å². The van der Waals surface area contributed by atoms with Gasteiger partial charge in [-0.1, -0.05) is 35.3 Å². The van der Waals surface area contributed by atoms with E-state index in [9.17, 15) is 0 Å². The lowest BCUT2D eigenvalue weighted by Gasteiger charge is -2.07. The van der Waals surface area contributed by atoms with E-state index in [2.05, 4.69) is 59.3 Å². The van der Waals surface area contributed by atoms with Crippen LogP contribution in [0.5, 0.6) is 0 Å². The predicted octanol–water partition coefficient (Wildman–Crippen LogP) is 9.91. The largest absolute Gasteiger partial charge is 0.143 e. The topological polar surface area (TPSA) is 0 Å². The van der Waals surface area contributed by atoms with Crippen LogP contribution in [0, 0.1) is 0 Å². The highest BCUT2D eigenvalue weighted by molar-refractivity contribution is 7.24. The summed E-state index contributed by atoms with van der Waals surface area (Å²) >= 11 is 20.3. The molecule has 0 N–H and O–H groups in total. The van der Waals surface area contributed by atoms with Gasteiger partial charge in [-0.2, -0.15) is 0 Å². The molecule has 0 bridgehead atoms. The van der Waals surface area contributed by atoms with Gasteiger partial charge in [-0.3, -0.25) is 0 Å². The summed E-state index contributed by atoms with van der Waals surface area (Å²) in [6.07, 6.45) is 0. The lowest BCUT2D eigenvalue weighted by Crippen LogP contribution is -1.81. The quantitative estimate of drug-likeness (QED) is 0.243. The first-order chi connectivity index (χ1) is 13.7. The van der Waals surface area contributed by atoms with Gasteiger partial charge < -0.3 is 0 Å². The molecular formula is C22H12Cl2S4. The summed E-state index contributed by atoms with van der Waals surface area (Å²) in [5.41, 5.74) is 1.97. The van der Waals surface area contributed by atoms with Crippen LogP contribution < -0.4 is 0 Å². The van der Waals surface area contributed by atoms with Gasteiger partial charge in [-0.25, -0.2) is 0 Å². The van der Waals surface area contributed by atoms with Gasteiger partial charge in [-0.15, -0.1) is 45.3 Å². The van der Waals surface area contributed by atoms with E-state index in [1.807, 2.05) is 12.1 Å². The molecule has 0 atom stereocenters.